The molecule has 3 N–H and O–H groups in total. The van der Waals surface area contributed by atoms with Crippen molar-refractivity contribution in [2.45, 2.75) is 6.10 Å². The molecule has 1 unspecified atom stereocenters. The van der Waals surface area contributed by atoms with Crippen LogP contribution in [0, 0.1) is 23.3 Å². The van der Waals surface area contributed by atoms with Crippen LogP contribution in [0.2, 0.25) is 0 Å². The van der Waals surface area contributed by atoms with Gasteiger partial charge in [0.15, 0.2) is 17.5 Å². The second kappa shape index (κ2) is 10.5. The minimum Gasteiger partial charge on any atom is -0.371 e. The Bertz CT molecular complexity index is 1560. The highest BCUT2D eigenvalue weighted by atomic mass is 19.2. The first-order valence-electron chi connectivity index (χ1n) is 11.4. The van der Waals surface area contributed by atoms with Gasteiger partial charge in [-0.3, -0.25) is 14.8 Å². The van der Waals surface area contributed by atoms with Crippen molar-refractivity contribution in [1.82, 2.24) is 15.3 Å². The lowest BCUT2D eigenvalue weighted by atomic mass is 10.0. The number of hydrogen-bond donors (Lipinski definition) is 3. The molecule has 4 aromatic rings. The van der Waals surface area contributed by atoms with E-state index in [0.29, 0.717) is 42.3 Å². The molecule has 0 spiro atoms. The number of urea groups is 1. The van der Waals surface area contributed by atoms with E-state index in [-0.39, 0.29) is 17.5 Å². The molecule has 1 atom stereocenters. The van der Waals surface area contributed by atoms with Gasteiger partial charge in [0.2, 0.25) is 5.78 Å². The standard InChI is InChI=1S/C26H19F4N5O3/c27-15-7-17(24(30)20(8-15)35-26(37)34-16-1-2-18(28)19(29)9-16)25(36)21-6-13-5-14(10-32-22(13)11-33-21)23-12-31-3-4-38-23/h1-2,5-11,23,31H,3-4,12H2,(H2,34,35,37). The molecule has 0 saturated carbocycles. The lowest BCUT2D eigenvalue weighted by Crippen LogP contribution is -2.33. The van der Waals surface area contributed by atoms with Crippen LogP contribution in [-0.2, 0) is 4.74 Å². The lowest BCUT2D eigenvalue weighted by Gasteiger charge is -2.23. The number of rotatable bonds is 5. The monoisotopic (exact) mass is 525 g/mol. The minimum absolute atomic E-state index is 0.128. The summed E-state index contributed by atoms with van der Waals surface area (Å²) in [6.07, 6.45) is 2.77. The molecule has 12 heteroatoms. The maximum atomic E-state index is 15.2. The molecule has 2 aromatic heterocycles. The lowest BCUT2D eigenvalue weighted by molar-refractivity contribution is 0.0276. The van der Waals surface area contributed by atoms with E-state index in [1.807, 2.05) is 0 Å². The molecule has 5 rings (SSSR count). The first kappa shape index (κ1) is 25.2. The van der Waals surface area contributed by atoms with Gasteiger partial charge in [-0.15, -0.1) is 0 Å². The van der Waals surface area contributed by atoms with Crippen molar-refractivity contribution in [2.75, 3.05) is 30.3 Å². The molecule has 0 bridgehead atoms. The molecule has 2 aromatic carbocycles. The van der Waals surface area contributed by atoms with Crippen molar-refractivity contribution >= 4 is 34.1 Å². The van der Waals surface area contributed by atoms with Crippen molar-refractivity contribution in [2.24, 2.45) is 0 Å². The molecular formula is C26H19F4N5O3. The number of pyridine rings is 2. The van der Waals surface area contributed by atoms with E-state index < -0.39 is 46.3 Å². The third-order valence-electron chi connectivity index (χ3n) is 5.83. The fourth-order valence-electron chi connectivity index (χ4n) is 3.97. The van der Waals surface area contributed by atoms with Crippen molar-refractivity contribution in [3.63, 3.8) is 0 Å². The Morgan fingerprint density at radius 3 is 2.55 bits per heavy atom. The first-order chi connectivity index (χ1) is 18.3. The van der Waals surface area contributed by atoms with E-state index in [4.69, 9.17) is 4.74 Å². The van der Waals surface area contributed by atoms with Gasteiger partial charge in [0, 0.05) is 48.1 Å². The Kier molecular flexibility index (Phi) is 6.99. The van der Waals surface area contributed by atoms with Crippen LogP contribution >= 0.6 is 0 Å². The minimum atomic E-state index is -1.21. The number of ether oxygens (including phenoxy) is 1. The summed E-state index contributed by atoms with van der Waals surface area (Å²) in [5.74, 6) is -5.45. The summed E-state index contributed by atoms with van der Waals surface area (Å²) in [5.41, 5.74) is -0.322. The molecular weight excluding hydrogens is 506 g/mol. The molecule has 2 amide bonds. The van der Waals surface area contributed by atoms with Crippen molar-refractivity contribution < 1.29 is 31.9 Å². The predicted molar refractivity (Wildman–Crippen MR) is 130 cm³/mol. The average Bonchev–Trinajstić information content (AvgIpc) is 2.92. The predicted octanol–water partition coefficient (Wildman–Crippen LogP) is 4.72. The van der Waals surface area contributed by atoms with Gasteiger partial charge in [0.05, 0.1) is 35.7 Å². The number of morpholine rings is 1. The topological polar surface area (TPSA) is 105 Å². The van der Waals surface area contributed by atoms with Crippen LogP contribution in [0.1, 0.15) is 27.7 Å². The third kappa shape index (κ3) is 5.31. The zero-order chi connectivity index (χ0) is 26.8. The summed E-state index contributed by atoms with van der Waals surface area (Å²) in [5, 5.41) is 8.01. The highest BCUT2D eigenvalue weighted by molar-refractivity contribution is 6.10. The van der Waals surface area contributed by atoms with Gasteiger partial charge in [-0.25, -0.2) is 22.4 Å². The normalized spacial score (nSPS) is 15.3. The van der Waals surface area contributed by atoms with Crippen LogP contribution in [-0.4, -0.2) is 41.5 Å². The number of carbonyl (C=O) groups is 2. The molecule has 3 heterocycles. The molecule has 0 aliphatic carbocycles. The summed E-state index contributed by atoms with van der Waals surface area (Å²) >= 11 is 0. The van der Waals surface area contributed by atoms with Crippen molar-refractivity contribution in [3.05, 3.63) is 94.9 Å². The molecule has 1 aliphatic rings. The number of fused-ring (bicyclic) bond motifs is 1. The van der Waals surface area contributed by atoms with Crippen LogP contribution in [0.3, 0.4) is 0 Å². The van der Waals surface area contributed by atoms with Crippen molar-refractivity contribution in [1.29, 1.82) is 0 Å². The molecule has 194 valence electrons. The summed E-state index contributed by atoms with van der Waals surface area (Å²) in [6, 6.07) is 6.09. The highest BCUT2D eigenvalue weighted by Gasteiger charge is 2.22. The van der Waals surface area contributed by atoms with E-state index in [2.05, 4.69) is 25.9 Å². The first-order valence-corrected chi connectivity index (χ1v) is 11.4. The number of nitrogens with zero attached hydrogens (tertiary/aromatic N) is 2. The fraction of sp³-hybridized carbons (Fsp3) is 0.154. The summed E-state index contributed by atoms with van der Waals surface area (Å²) in [6.45, 7) is 1.87. The largest absolute Gasteiger partial charge is 0.371 e. The Morgan fingerprint density at radius 1 is 0.947 bits per heavy atom. The van der Waals surface area contributed by atoms with Crippen LogP contribution in [0.5, 0.6) is 0 Å². The van der Waals surface area contributed by atoms with E-state index in [9.17, 15) is 22.8 Å². The van der Waals surface area contributed by atoms with E-state index in [0.717, 1.165) is 24.2 Å². The second-order valence-electron chi connectivity index (χ2n) is 8.45. The molecule has 1 fully saturated rings. The van der Waals surface area contributed by atoms with Gasteiger partial charge in [0.25, 0.3) is 0 Å². The van der Waals surface area contributed by atoms with Crippen LogP contribution in [0.4, 0.5) is 33.7 Å². The fourth-order valence-corrected chi connectivity index (χ4v) is 3.97. The number of amides is 2. The number of ketones is 1. The van der Waals surface area contributed by atoms with Crippen molar-refractivity contribution in [3.8, 4) is 0 Å². The summed E-state index contributed by atoms with van der Waals surface area (Å²) in [4.78, 5) is 33.8. The number of hydrogen-bond acceptors (Lipinski definition) is 6. The zero-order valence-electron chi connectivity index (χ0n) is 19.5. The van der Waals surface area contributed by atoms with Gasteiger partial charge in [-0.1, -0.05) is 0 Å². The van der Waals surface area contributed by atoms with E-state index in [1.165, 1.54) is 12.3 Å². The smallest absolute Gasteiger partial charge is 0.323 e. The third-order valence-corrected chi connectivity index (χ3v) is 5.83. The summed E-state index contributed by atoms with van der Waals surface area (Å²) < 4.78 is 61.8. The van der Waals surface area contributed by atoms with Gasteiger partial charge in [-0.05, 0) is 30.3 Å². The maximum Gasteiger partial charge on any atom is 0.323 e. The Labute approximate surface area is 213 Å². The average molecular weight is 525 g/mol. The van der Waals surface area contributed by atoms with Gasteiger partial charge in [-0.2, -0.15) is 0 Å². The Hall–Kier alpha value is -4.42. The Balaban J connectivity index is 1.40. The number of anilines is 2. The number of benzene rings is 2. The molecule has 1 saturated heterocycles. The Morgan fingerprint density at radius 2 is 1.79 bits per heavy atom. The quantitative estimate of drug-likeness (QED) is 0.257. The van der Waals surface area contributed by atoms with Gasteiger partial charge in [0.1, 0.15) is 11.5 Å². The molecule has 0 radical (unpaired) electrons. The molecule has 1 aliphatic heterocycles. The zero-order valence-corrected chi connectivity index (χ0v) is 19.5. The van der Waals surface area contributed by atoms with Gasteiger partial charge >= 0.3 is 6.03 Å². The molecule has 8 nitrogen and oxygen atoms in total. The number of carbonyl (C=O) groups excluding carboxylic acids is 2. The van der Waals surface area contributed by atoms with Crippen LogP contribution < -0.4 is 16.0 Å². The number of halogens is 4. The number of aromatic nitrogens is 2. The molecule has 38 heavy (non-hydrogen) atoms. The summed E-state index contributed by atoms with van der Waals surface area (Å²) in [7, 11) is 0. The highest BCUT2D eigenvalue weighted by Crippen LogP contribution is 2.26. The van der Waals surface area contributed by atoms with Gasteiger partial charge < -0.3 is 20.7 Å². The van der Waals surface area contributed by atoms with Crippen LogP contribution in [0.15, 0.2) is 54.9 Å². The van der Waals surface area contributed by atoms with E-state index >= 15 is 4.39 Å². The maximum absolute atomic E-state index is 15.2. The van der Waals surface area contributed by atoms with Crippen LogP contribution in [0.25, 0.3) is 10.9 Å². The second-order valence-corrected chi connectivity index (χ2v) is 8.45. The van der Waals surface area contributed by atoms with E-state index in [1.54, 1.807) is 12.3 Å². The SMILES string of the molecule is O=C(Nc1ccc(F)c(F)c1)Nc1cc(F)cc(C(=O)c2cc3cc(C4CNCCO4)cnc3cn2)c1F. The number of nitrogens with one attached hydrogen (secondary N) is 3.